The number of aryl methyl sites for hydroxylation is 1. The van der Waals surface area contributed by atoms with Crippen LogP contribution < -0.4 is 16.0 Å². The van der Waals surface area contributed by atoms with E-state index < -0.39 is 34.9 Å². The number of anilines is 2. The van der Waals surface area contributed by atoms with E-state index in [1.807, 2.05) is 0 Å². The fourth-order valence-corrected chi connectivity index (χ4v) is 3.81. The van der Waals surface area contributed by atoms with Crippen molar-refractivity contribution in [3.63, 3.8) is 0 Å². The molecular formula is C25H23F4N5O3. The van der Waals surface area contributed by atoms with E-state index in [1.54, 1.807) is 6.92 Å². The molecule has 4 rings (SSSR count). The smallest absolute Gasteiger partial charge is 0.378 e. The van der Waals surface area contributed by atoms with Gasteiger partial charge in [-0.05, 0) is 31.2 Å². The van der Waals surface area contributed by atoms with Crippen LogP contribution in [-0.4, -0.2) is 40.5 Å². The molecule has 3 aromatic rings. The van der Waals surface area contributed by atoms with E-state index in [-0.39, 0.29) is 48.7 Å². The number of alkyl halides is 3. The molecular weight excluding hydrogens is 494 g/mol. The zero-order chi connectivity index (χ0) is 26.6. The number of nitrogens with one attached hydrogen (secondary N) is 3. The second-order valence-corrected chi connectivity index (χ2v) is 8.51. The third-order valence-corrected chi connectivity index (χ3v) is 5.86. The van der Waals surface area contributed by atoms with Crippen molar-refractivity contribution in [3.05, 3.63) is 83.2 Å². The molecule has 2 heterocycles. The summed E-state index contributed by atoms with van der Waals surface area (Å²) in [7, 11) is 0. The van der Waals surface area contributed by atoms with Gasteiger partial charge in [0.15, 0.2) is 0 Å². The van der Waals surface area contributed by atoms with Gasteiger partial charge in [0.1, 0.15) is 17.2 Å². The number of carbonyl (C=O) groups excluding carboxylic acids is 2. The van der Waals surface area contributed by atoms with Crippen LogP contribution in [0.2, 0.25) is 0 Å². The molecule has 2 amide bonds. The summed E-state index contributed by atoms with van der Waals surface area (Å²) in [6.07, 6.45) is -1.68. The summed E-state index contributed by atoms with van der Waals surface area (Å²) in [6.45, 7) is 1.63. The number of hydrogen-bond donors (Lipinski definition) is 3. The molecule has 1 atom stereocenters. The van der Waals surface area contributed by atoms with Crippen molar-refractivity contribution < 1.29 is 31.9 Å². The molecule has 194 valence electrons. The molecule has 0 spiro atoms. The predicted molar refractivity (Wildman–Crippen MR) is 125 cm³/mol. The van der Waals surface area contributed by atoms with Gasteiger partial charge in [-0.2, -0.15) is 13.2 Å². The van der Waals surface area contributed by atoms with Gasteiger partial charge in [0, 0.05) is 43.2 Å². The van der Waals surface area contributed by atoms with Crippen molar-refractivity contribution >= 4 is 23.2 Å². The van der Waals surface area contributed by atoms with Crippen LogP contribution >= 0.6 is 0 Å². The molecule has 0 saturated carbocycles. The highest BCUT2D eigenvalue weighted by atomic mass is 19.4. The zero-order valence-electron chi connectivity index (χ0n) is 19.7. The molecule has 1 aliphatic heterocycles. The summed E-state index contributed by atoms with van der Waals surface area (Å²) >= 11 is 0. The lowest BCUT2D eigenvalue weighted by Gasteiger charge is -2.27. The van der Waals surface area contributed by atoms with Crippen LogP contribution in [-0.2, 0) is 22.3 Å². The third-order valence-electron chi connectivity index (χ3n) is 5.86. The number of amides is 2. The van der Waals surface area contributed by atoms with E-state index in [4.69, 9.17) is 4.74 Å². The summed E-state index contributed by atoms with van der Waals surface area (Å²) in [5.41, 5.74) is -2.07. The highest BCUT2D eigenvalue weighted by Crippen LogP contribution is 2.36. The number of benzene rings is 2. The van der Waals surface area contributed by atoms with E-state index >= 15 is 0 Å². The Hall–Kier alpha value is -4.06. The van der Waals surface area contributed by atoms with Crippen LogP contribution in [0.3, 0.4) is 0 Å². The van der Waals surface area contributed by atoms with Gasteiger partial charge in [-0.25, -0.2) is 14.4 Å². The topological polar surface area (TPSA) is 105 Å². The van der Waals surface area contributed by atoms with Crippen molar-refractivity contribution in [2.75, 3.05) is 18.5 Å². The average molecular weight is 517 g/mol. The lowest BCUT2D eigenvalue weighted by molar-refractivity contribution is -0.137. The fraction of sp³-hybridized carbons (Fsp3) is 0.280. The number of halogens is 4. The number of para-hydroxylation sites is 1. The van der Waals surface area contributed by atoms with Gasteiger partial charge in [-0.3, -0.25) is 9.59 Å². The molecule has 1 saturated heterocycles. The Labute approximate surface area is 209 Å². The molecule has 1 unspecified atom stereocenters. The van der Waals surface area contributed by atoms with Gasteiger partial charge < -0.3 is 20.7 Å². The number of aromatic nitrogens is 2. The van der Waals surface area contributed by atoms with Gasteiger partial charge >= 0.3 is 6.18 Å². The van der Waals surface area contributed by atoms with Gasteiger partial charge in [-0.1, -0.05) is 18.2 Å². The second kappa shape index (κ2) is 10.5. The van der Waals surface area contributed by atoms with Crippen molar-refractivity contribution in [1.82, 2.24) is 20.6 Å². The zero-order valence-corrected chi connectivity index (χ0v) is 19.7. The third kappa shape index (κ3) is 6.02. The molecule has 2 aromatic carbocycles. The van der Waals surface area contributed by atoms with Crippen molar-refractivity contribution in [3.8, 4) is 0 Å². The maximum Gasteiger partial charge on any atom is 0.418 e. The Balaban J connectivity index is 1.43. The van der Waals surface area contributed by atoms with Crippen molar-refractivity contribution in [2.45, 2.75) is 31.6 Å². The molecule has 0 radical (unpaired) electrons. The SMILES string of the molecule is Cc1ncc(C(=O)NC2(C(=O)NCc3ccc(Nc4ccccc4C(F)(F)F)cc3F)CCOC2)cn1. The molecule has 12 heteroatoms. The van der Waals surface area contributed by atoms with Gasteiger partial charge in [-0.15, -0.1) is 0 Å². The van der Waals surface area contributed by atoms with Crippen LogP contribution in [0.5, 0.6) is 0 Å². The highest BCUT2D eigenvalue weighted by molar-refractivity contribution is 5.99. The first kappa shape index (κ1) is 26.0. The molecule has 1 aliphatic rings. The summed E-state index contributed by atoms with van der Waals surface area (Å²) in [6, 6.07) is 8.68. The number of ether oxygens (including phenoxy) is 1. The minimum atomic E-state index is -4.58. The van der Waals surface area contributed by atoms with Crippen LogP contribution in [0.4, 0.5) is 28.9 Å². The van der Waals surface area contributed by atoms with E-state index in [1.165, 1.54) is 42.7 Å². The predicted octanol–water partition coefficient (Wildman–Crippen LogP) is 3.89. The minimum absolute atomic E-state index is 0.0682. The van der Waals surface area contributed by atoms with Crippen LogP contribution in [0.1, 0.15) is 33.7 Å². The first-order chi connectivity index (χ1) is 17.6. The average Bonchev–Trinajstić information content (AvgIpc) is 3.33. The Morgan fingerprint density at radius 1 is 1.11 bits per heavy atom. The Morgan fingerprint density at radius 3 is 2.49 bits per heavy atom. The molecule has 37 heavy (non-hydrogen) atoms. The number of nitrogens with zero attached hydrogens (tertiary/aromatic N) is 2. The highest BCUT2D eigenvalue weighted by Gasteiger charge is 2.44. The minimum Gasteiger partial charge on any atom is -0.378 e. The van der Waals surface area contributed by atoms with Crippen LogP contribution in [0.15, 0.2) is 54.9 Å². The summed E-state index contributed by atoms with van der Waals surface area (Å²) in [5.74, 6) is -1.36. The fourth-order valence-electron chi connectivity index (χ4n) is 3.81. The van der Waals surface area contributed by atoms with Crippen molar-refractivity contribution in [2.24, 2.45) is 0 Å². The number of rotatable bonds is 7. The monoisotopic (exact) mass is 517 g/mol. The molecule has 0 aliphatic carbocycles. The van der Waals surface area contributed by atoms with Crippen LogP contribution in [0, 0.1) is 12.7 Å². The quantitative estimate of drug-likeness (QED) is 0.411. The van der Waals surface area contributed by atoms with E-state index in [0.29, 0.717) is 5.82 Å². The molecule has 8 nitrogen and oxygen atoms in total. The first-order valence-electron chi connectivity index (χ1n) is 11.3. The lowest BCUT2D eigenvalue weighted by atomic mass is 9.96. The summed E-state index contributed by atoms with van der Waals surface area (Å²) < 4.78 is 59.8. The van der Waals surface area contributed by atoms with E-state index in [2.05, 4.69) is 25.9 Å². The lowest BCUT2D eigenvalue weighted by Crippen LogP contribution is -2.59. The normalized spacial score (nSPS) is 17.3. The molecule has 0 bridgehead atoms. The maximum atomic E-state index is 14.8. The Morgan fingerprint density at radius 2 is 1.84 bits per heavy atom. The van der Waals surface area contributed by atoms with Crippen molar-refractivity contribution in [1.29, 1.82) is 0 Å². The molecule has 1 aromatic heterocycles. The molecule has 1 fully saturated rings. The van der Waals surface area contributed by atoms with Crippen LogP contribution in [0.25, 0.3) is 0 Å². The van der Waals surface area contributed by atoms with Gasteiger partial charge in [0.05, 0.1) is 23.4 Å². The number of carbonyl (C=O) groups is 2. The van der Waals surface area contributed by atoms with Gasteiger partial charge in [0.25, 0.3) is 5.91 Å². The summed E-state index contributed by atoms with van der Waals surface area (Å²) in [4.78, 5) is 33.6. The summed E-state index contributed by atoms with van der Waals surface area (Å²) in [5, 5.41) is 7.88. The Kier molecular flexibility index (Phi) is 7.39. The van der Waals surface area contributed by atoms with Gasteiger partial charge in [0.2, 0.25) is 5.91 Å². The second-order valence-electron chi connectivity index (χ2n) is 8.51. The standard InChI is InChI=1S/C25H23F4N5O3/c1-15-30-12-17(13-31-15)22(35)34-24(8-9-37-14-24)23(36)32-11-16-6-7-18(10-20(16)26)33-21-5-3-2-4-19(21)25(27,28)29/h2-7,10,12-13,33H,8-9,11,14H2,1H3,(H,32,36)(H,34,35). The largest absolute Gasteiger partial charge is 0.418 e. The van der Waals surface area contributed by atoms with E-state index in [0.717, 1.165) is 12.1 Å². The Bertz CT molecular complexity index is 1290. The maximum absolute atomic E-state index is 14.8. The first-order valence-corrected chi connectivity index (χ1v) is 11.3. The number of hydrogen-bond acceptors (Lipinski definition) is 6. The molecule has 3 N–H and O–H groups in total. The van der Waals surface area contributed by atoms with E-state index in [9.17, 15) is 27.2 Å².